The highest BCUT2D eigenvalue weighted by Gasteiger charge is 2.39. The van der Waals surface area contributed by atoms with Gasteiger partial charge < -0.3 is 14.8 Å². The van der Waals surface area contributed by atoms with Gasteiger partial charge in [-0.25, -0.2) is 0 Å². The zero-order chi connectivity index (χ0) is 27.8. The van der Waals surface area contributed by atoms with Gasteiger partial charge in [0.25, 0.3) is 0 Å². The Balaban J connectivity index is 1.35. The molecule has 2 aromatic carbocycles. The molecule has 3 aromatic rings. The predicted molar refractivity (Wildman–Crippen MR) is 152 cm³/mol. The highest BCUT2D eigenvalue weighted by Crippen LogP contribution is 2.41. The Morgan fingerprint density at radius 1 is 1.15 bits per heavy atom. The molecule has 5 rings (SSSR count). The van der Waals surface area contributed by atoms with Crippen molar-refractivity contribution in [3.8, 4) is 28.7 Å². The van der Waals surface area contributed by atoms with Crippen LogP contribution in [-0.4, -0.2) is 28.5 Å². The summed E-state index contributed by atoms with van der Waals surface area (Å²) in [5.41, 5.74) is 4.29. The molecule has 0 atom stereocenters. The molecular formula is C32H34ClN3O3. The number of rotatable bonds is 6. The molecular weight excluding hydrogens is 510 g/mol. The van der Waals surface area contributed by atoms with Gasteiger partial charge in [-0.15, -0.1) is 0 Å². The van der Waals surface area contributed by atoms with E-state index in [-0.39, 0.29) is 22.9 Å². The Morgan fingerprint density at radius 3 is 2.64 bits per heavy atom. The van der Waals surface area contributed by atoms with Crippen LogP contribution in [0.5, 0.6) is 11.5 Å². The van der Waals surface area contributed by atoms with Crippen LogP contribution >= 0.6 is 11.6 Å². The number of nitriles is 1. The second-order valence-corrected chi connectivity index (χ2v) is 12.2. The van der Waals surface area contributed by atoms with Gasteiger partial charge >= 0.3 is 0 Å². The second kappa shape index (κ2) is 10.7. The van der Waals surface area contributed by atoms with E-state index in [9.17, 15) is 10.1 Å². The van der Waals surface area contributed by atoms with Gasteiger partial charge in [0.1, 0.15) is 23.1 Å². The number of hydrogen-bond acceptors (Lipinski definition) is 6. The second-order valence-electron chi connectivity index (χ2n) is 11.8. The lowest BCUT2D eigenvalue weighted by molar-refractivity contribution is -0.171. The van der Waals surface area contributed by atoms with E-state index >= 15 is 0 Å². The van der Waals surface area contributed by atoms with Gasteiger partial charge in [0.15, 0.2) is 5.78 Å². The summed E-state index contributed by atoms with van der Waals surface area (Å²) < 4.78 is 12.3. The molecule has 1 N–H and O–H groups in total. The van der Waals surface area contributed by atoms with Crippen LogP contribution in [0, 0.1) is 17.2 Å². The normalized spacial score (nSPS) is 18.2. The van der Waals surface area contributed by atoms with Gasteiger partial charge in [0.2, 0.25) is 0 Å². The third-order valence-electron chi connectivity index (χ3n) is 7.42. The van der Waals surface area contributed by atoms with Crippen LogP contribution < -0.4 is 10.1 Å². The van der Waals surface area contributed by atoms with Crippen LogP contribution in [0.25, 0.3) is 11.1 Å². The Kier molecular flexibility index (Phi) is 7.52. The van der Waals surface area contributed by atoms with Crippen molar-refractivity contribution in [2.24, 2.45) is 5.92 Å². The van der Waals surface area contributed by atoms with Crippen LogP contribution in [-0.2, 0) is 17.7 Å². The van der Waals surface area contributed by atoms with Crippen molar-refractivity contribution >= 4 is 17.4 Å². The quantitative estimate of drug-likeness (QED) is 0.329. The number of Topliss-reactive ketones (excluding diaryl/α,β-unsaturated/α-hetero) is 1. The summed E-state index contributed by atoms with van der Waals surface area (Å²) in [7, 11) is 0. The first-order chi connectivity index (χ1) is 18.5. The van der Waals surface area contributed by atoms with Crippen LogP contribution in [0.4, 0.5) is 0 Å². The van der Waals surface area contributed by atoms with Crippen LogP contribution in [0.1, 0.15) is 74.1 Å². The molecule has 202 valence electrons. The summed E-state index contributed by atoms with van der Waals surface area (Å²) in [4.78, 5) is 17.8. The van der Waals surface area contributed by atoms with Crippen molar-refractivity contribution in [2.45, 2.75) is 71.1 Å². The molecule has 6 nitrogen and oxygen atoms in total. The van der Waals surface area contributed by atoms with Gasteiger partial charge in [-0.2, -0.15) is 5.26 Å². The Bertz CT molecular complexity index is 1440. The maximum absolute atomic E-state index is 13.2. The number of halogens is 1. The van der Waals surface area contributed by atoms with E-state index in [1.807, 2.05) is 18.3 Å². The molecule has 2 aliphatic heterocycles. The average molecular weight is 544 g/mol. The molecule has 0 unspecified atom stereocenters. The molecule has 1 fully saturated rings. The van der Waals surface area contributed by atoms with E-state index in [1.54, 1.807) is 24.3 Å². The third kappa shape index (κ3) is 6.17. The van der Waals surface area contributed by atoms with E-state index in [0.717, 1.165) is 54.7 Å². The monoisotopic (exact) mass is 543 g/mol. The fraction of sp³-hybridized carbons (Fsp3) is 0.406. The first kappa shape index (κ1) is 27.3. The van der Waals surface area contributed by atoms with E-state index in [1.165, 1.54) is 0 Å². The van der Waals surface area contributed by atoms with E-state index in [2.05, 4.69) is 50.1 Å². The number of ketones is 1. The number of carbonyl (C=O) groups excluding carboxylic acids is 1. The SMILES string of the molecule is CC1(C)CC(CC(=O)c2ccc(Oc3cccc(-c4cnc5c(c4)CNCC5)c3C#N)c(Cl)c2)CC(C)(C)O1. The van der Waals surface area contributed by atoms with Crippen molar-refractivity contribution in [3.63, 3.8) is 0 Å². The summed E-state index contributed by atoms with van der Waals surface area (Å²) in [5, 5.41) is 13.7. The number of aromatic nitrogens is 1. The molecule has 0 amide bonds. The molecule has 1 saturated heterocycles. The molecule has 0 aliphatic carbocycles. The van der Waals surface area contributed by atoms with Crippen molar-refractivity contribution in [2.75, 3.05) is 6.54 Å². The van der Waals surface area contributed by atoms with E-state index < -0.39 is 0 Å². The maximum Gasteiger partial charge on any atom is 0.163 e. The minimum absolute atomic E-state index is 0.0519. The zero-order valence-corrected chi connectivity index (χ0v) is 23.7. The number of hydrogen-bond donors (Lipinski definition) is 1. The number of fused-ring (bicyclic) bond motifs is 1. The topological polar surface area (TPSA) is 84.2 Å². The van der Waals surface area contributed by atoms with E-state index in [4.69, 9.17) is 21.1 Å². The standard InChI is InChI=1S/C32H34ClN3O3/c1-31(2)15-20(16-32(3,4)39-31)12-28(37)21-8-9-30(26(33)14-21)38-29-7-5-6-24(25(29)17-34)22-13-23-18-35-11-10-27(23)36-19-22/h5-9,13-14,19-20,35H,10-12,15-16,18H2,1-4H3. The van der Waals surface area contributed by atoms with Gasteiger partial charge in [0, 0.05) is 54.5 Å². The number of nitrogens with zero attached hydrogens (tertiary/aromatic N) is 2. The van der Waals surface area contributed by atoms with Gasteiger partial charge in [-0.1, -0.05) is 23.7 Å². The molecule has 0 spiro atoms. The van der Waals surface area contributed by atoms with Crippen LogP contribution in [0.15, 0.2) is 48.7 Å². The number of benzene rings is 2. The highest BCUT2D eigenvalue weighted by molar-refractivity contribution is 6.32. The number of nitrogens with one attached hydrogen (secondary N) is 1. The van der Waals surface area contributed by atoms with Crippen molar-refractivity contribution in [1.82, 2.24) is 10.3 Å². The molecule has 1 aromatic heterocycles. The summed E-state index contributed by atoms with van der Waals surface area (Å²) in [6.45, 7) is 10.0. The van der Waals surface area contributed by atoms with Crippen molar-refractivity contribution < 1.29 is 14.3 Å². The molecule has 3 heterocycles. The third-order valence-corrected chi connectivity index (χ3v) is 7.72. The predicted octanol–water partition coefficient (Wildman–Crippen LogP) is 7.27. The van der Waals surface area contributed by atoms with Crippen molar-refractivity contribution in [1.29, 1.82) is 5.26 Å². The minimum Gasteiger partial charge on any atom is -0.454 e. The van der Waals surface area contributed by atoms with Crippen LogP contribution in [0.2, 0.25) is 5.02 Å². The van der Waals surface area contributed by atoms with Gasteiger partial charge in [0.05, 0.1) is 16.2 Å². The summed E-state index contributed by atoms with van der Waals surface area (Å²) in [6, 6.07) is 15.0. The zero-order valence-electron chi connectivity index (χ0n) is 22.9. The highest BCUT2D eigenvalue weighted by atomic mass is 35.5. The molecule has 0 saturated carbocycles. The lowest BCUT2D eigenvalue weighted by Gasteiger charge is -2.45. The summed E-state index contributed by atoms with van der Waals surface area (Å²) >= 11 is 6.59. The fourth-order valence-electron chi connectivity index (χ4n) is 6.16. The van der Waals surface area contributed by atoms with E-state index in [0.29, 0.717) is 34.1 Å². The van der Waals surface area contributed by atoms with Gasteiger partial charge in [-0.05, 0) is 82.3 Å². The number of ether oxygens (including phenoxy) is 2. The maximum atomic E-state index is 13.2. The molecule has 7 heteroatoms. The lowest BCUT2D eigenvalue weighted by atomic mass is 9.78. The van der Waals surface area contributed by atoms with Gasteiger partial charge in [-0.3, -0.25) is 9.78 Å². The summed E-state index contributed by atoms with van der Waals surface area (Å²) in [6.07, 6.45) is 4.82. The summed E-state index contributed by atoms with van der Waals surface area (Å²) in [5.74, 6) is 1.08. The Hall–Kier alpha value is -3.24. The molecule has 0 bridgehead atoms. The molecule has 2 aliphatic rings. The molecule has 0 radical (unpaired) electrons. The molecule has 39 heavy (non-hydrogen) atoms. The first-order valence-electron chi connectivity index (χ1n) is 13.5. The Labute approximate surface area is 235 Å². The van der Waals surface area contributed by atoms with Crippen LogP contribution in [0.3, 0.4) is 0 Å². The minimum atomic E-state index is -0.263. The number of carbonyl (C=O) groups is 1. The number of pyridine rings is 1. The smallest absolute Gasteiger partial charge is 0.163 e. The first-order valence-corrected chi connectivity index (χ1v) is 13.8. The average Bonchev–Trinajstić information content (AvgIpc) is 2.87. The lowest BCUT2D eigenvalue weighted by Crippen LogP contribution is -2.45. The Morgan fingerprint density at radius 2 is 1.92 bits per heavy atom. The fourth-order valence-corrected chi connectivity index (χ4v) is 6.38. The largest absolute Gasteiger partial charge is 0.454 e. The van der Waals surface area contributed by atoms with Crippen molar-refractivity contribution in [3.05, 3.63) is 76.1 Å².